The van der Waals surface area contributed by atoms with Crippen LogP contribution in [0.5, 0.6) is 0 Å². The molecule has 7 nitrogen and oxygen atoms in total. The molecule has 0 spiro atoms. The molecule has 1 aromatic rings. The smallest absolute Gasteiger partial charge is 0.326 e. The molecular weight excluding hydrogens is 298 g/mol. The molecule has 0 radical (unpaired) electrons. The van der Waals surface area contributed by atoms with Crippen molar-refractivity contribution < 1.29 is 27.9 Å². The van der Waals surface area contributed by atoms with E-state index in [0.717, 1.165) is 14.0 Å². The molecule has 21 heavy (non-hydrogen) atoms. The first-order chi connectivity index (χ1) is 9.80. The van der Waals surface area contributed by atoms with E-state index in [9.17, 15) is 23.1 Å². The summed E-state index contributed by atoms with van der Waals surface area (Å²) in [4.78, 5) is 23.0. The number of hydrogen-bond donors (Lipinski definition) is 1. The van der Waals surface area contributed by atoms with Crippen molar-refractivity contribution in [2.24, 2.45) is 0 Å². The number of rotatable bonds is 3. The predicted molar refractivity (Wildman–Crippen MR) is 72.6 cm³/mol. The van der Waals surface area contributed by atoms with Crippen molar-refractivity contribution in [2.75, 3.05) is 13.7 Å². The second-order valence-electron chi connectivity index (χ2n) is 4.34. The highest BCUT2D eigenvalue weighted by Crippen LogP contribution is 2.35. The van der Waals surface area contributed by atoms with Crippen LogP contribution in [-0.2, 0) is 24.3 Å². The van der Waals surface area contributed by atoms with E-state index in [4.69, 9.17) is 0 Å². The van der Waals surface area contributed by atoms with Crippen LogP contribution in [0.15, 0.2) is 34.9 Å². The number of ketones is 1. The number of fused-ring (bicyclic) bond motifs is 1. The Hall–Kier alpha value is -2.35. The molecule has 0 unspecified atom stereocenters. The average molecular weight is 311 g/mol. The number of aliphatic hydroxyl groups is 1. The normalized spacial score (nSPS) is 16.4. The zero-order chi connectivity index (χ0) is 15.8. The van der Waals surface area contributed by atoms with E-state index in [2.05, 4.69) is 4.74 Å². The summed E-state index contributed by atoms with van der Waals surface area (Å²) in [6.07, 6.45) is 0. The number of esters is 1. The minimum absolute atomic E-state index is 0.0313. The Bertz CT molecular complexity index is 750. The number of benzene rings is 1. The van der Waals surface area contributed by atoms with E-state index < -0.39 is 39.8 Å². The number of sulfonamides is 1. The van der Waals surface area contributed by atoms with Gasteiger partial charge in [-0.25, -0.2) is 12.7 Å². The Balaban J connectivity index is 2.73. The lowest BCUT2D eigenvalue weighted by atomic mass is 10.1. The fraction of sp³-hybridized carbons (Fsp3) is 0.231. The Morgan fingerprint density at radius 3 is 2.48 bits per heavy atom. The maximum Gasteiger partial charge on any atom is 0.326 e. The molecule has 112 valence electrons. The second kappa shape index (κ2) is 5.21. The molecule has 2 rings (SSSR count). The number of carbonyl (C=O) groups excluding carboxylic acids is 2. The summed E-state index contributed by atoms with van der Waals surface area (Å²) >= 11 is 0. The van der Waals surface area contributed by atoms with Gasteiger partial charge in [-0.3, -0.25) is 9.59 Å². The van der Waals surface area contributed by atoms with Gasteiger partial charge in [-0.1, -0.05) is 12.1 Å². The summed E-state index contributed by atoms with van der Waals surface area (Å²) in [6.45, 7) is 0.422. The van der Waals surface area contributed by atoms with E-state index in [-0.39, 0.29) is 10.5 Å². The molecule has 0 aliphatic carbocycles. The summed E-state index contributed by atoms with van der Waals surface area (Å²) in [5, 5.41) is 10.2. The fourth-order valence-electron chi connectivity index (χ4n) is 2.06. The van der Waals surface area contributed by atoms with Crippen molar-refractivity contribution in [3.63, 3.8) is 0 Å². The molecule has 0 saturated carbocycles. The van der Waals surface area contributed by atoms with Gasteiger partial charge in [0.05, 0.1) is 12.0 Å². The van der Waals surface area contributed by atoms with E-state index in [1.807, 2.05) is 0 Å². The van der Waals surface area contributed by atoms with E-state index >= 15 is 0 Å². The first-order valence-electron chi connectivity index (χ1n) is 5.93. The number of nitrogens with zero attached hydrogens (tertiary/aromatic N) is 1. The van der Waals surface area contributed by atoms with Gasteiger partial charge in [-0.15, -0.1) is 0 Å². The Labute approximate surface area is 121 Å². The third-order valence-electron chi connectivity index (χ3n) is 3.02. The van der Waals surface area contributed by atoms with Crippen molar-refractivity contribution in [2.45, 2.75) is 11.8 Å². The fourth-order valence-corrected chi connectivity index (χ4v) is 3.72. The van der Waals surface area contributed by atoms with Gasteiger partial charge in [0.1, 0.15) is 12.2 Å². The Morgan fingerprint density at radius 1 is 1.29 bits per heavy atom. The molecule has 1 aliphatic rings. The van der Waals surface area contributed by atoms with Crippen LogP contribution in [0.4, 0.5) is 0 Å². The van der Waals surface area contributed by atoms with E-state index in [1.165, 1.54) is 24.3 Å². The average Bonchev–Trinajstić information content (AvgIpc) is 2.44. The maximum absolute atomic E-state index is 12.5. The molecule has 0 aromatic heterocycles. The Morgan fingerprint density at radius 2 is 1.90 bits per heavy atom. The van der Waals surface area contributed by atoms with Gasteiger partial charge in [0, 0.05) is 12.5 Å². The summed E-state index contributed by atoms with van der Waals surface area (Å²) in [6, 6.07) is 5.71. The van der Waals surface area contributed by atoms with Gasteiger partial charge in [0.2, 0.25) is 0 Å². The number of aliphatic hydroxyl groups excluding tert-OH is 1. The van der Waals surface area contributed by atoms with Crippen LogP contribution in [-0.4, -0.2) is 43.2 Å². The first kappa shape index (κ1) is 15.0. The third kappa shape index (κ3) is 2.38. The number of carbonyl (C=O) groups is 2. The monoisotopic (exact) mass is 311 g/mol. The zero-order valence-corrected chi connectivity index (χ0v) is 12.2. The number of ether oxygens (including phenoxy) is 1. The van der Waals surface area contributed by atoms with E-state index in [1.54, 1.807) is 0 Å². The van der Waals surface area contributed by atoms with Gasteiger partial charge in [-0.2, -0.15) is 0 Å². The van der Waals surface area contributed by atoms with E-state index in [0.29, 0.717) is 4.31 Å². The van der Waals surface area contributed by atoms with Gasteiger partial charge in [0.15, 0.2) is 11.5 Å². The molecule has 0 bridgehead atoms. The van der Waals surface area contributed by atoms with Gasteiger partial charge in [0.25, 0.3) is 10.0 Å². The topological polar surface area (TPSA) is 101 Å². The maximum atomic E-state index is 12.5. The SMILES string of the molecule is COC(=O)CN1C(C(C)=O)=C(O)c2ccccc2S1(=O)=O. The zero-order valence-electron chi connectivity index (χ0n) is 11.4. The molecule has 8 heteroatoms. The van der Waals surface area contributed by atoms with Crippen molar-refractivity contribution in [1.29, 1.82) is 0 Å². The van der Waals surface area contributed by atoms with Crippen LogP contribution in [0.3, 0.4) is 0 Å². The van der Waals surface area contributed by atoms with Crippen molar-refractivity contribution in [3.8, 4) is 0 Å². The lowest BCUT2D eigenvalue weighted by Crippen LogP contribution is -2.40. The van der Waals surface area contributed by atoms with Crippen LogP contribution in [0.2, 0.25) is 0 Å². The number of hydrogen-bond acceptors (Lipinski definition) is 6. The lowest BCUT2D eigenvalue weighted by Gasteiger charge is -2.30. The van der Waals surface area contributed by atoms with Crippen LogP contribution < -0.4 is 0 Å². The summed E-state index contributed by atoms with van der Waals surface area (Å²) in [5.41, 5.74) is -0.414. The highest BCUT2D eigenvalue weighted by Gasteiger charge is 2.39. The molecule has 1 aromatic carbocycles. The highest BCUT2D eigenvalue weighted by molar-refractivity contribution is 7.89. The molecule has 0 amide bonds. The molecule has 1 heterocycles. The standard InChI is InChI=1S/C13H13NO6S/c1-8(15)12-13(17)9-5-3-4-6-10(9)21(18,19)14(12)7-11(16)20-2/h3-6,17H,7H2,1-2H3. The van der Waals surface area contributed by atoms with Crippen molar-refractivity contribution in [3.05, 3.63) is 35.5 Å². The molecule has 0 atom stereocenters. The highest BCUT2D eigenvalue weighted by atomic mass is 32.2. The molecular formula is C13H13NO6S. The van der Waals surface area contributed by atoms with Crippen LogP contribution >= 0.6 is 0 Å². The third-order valence-corrected chi connectivity index (χ3v) is 4.82. The molecule has 1 N–H and O–H groups in total. The quantitative estimate of drug-likeness (QED) is 0.824. The van der Waals surface area contributed by atoms with Crippen molar-refractivity contribution in [1.82, 2.24) is 4.31 Å². The summed E-state index contributed by atoms with van der Waals surface area (Å²) in [5.74, 6) is -1.99. The summed E-state index contributed by atoms with van der Waals surface area (Å²) < 4.78 is 30.1. The minimum Gasteiger partial charge on any atom is -0.505 e. The van der Waals surface area contributed by atoms with Crippen LogP contribution in [0.25, 0.3) is 5.76 Å². The Kier molecular flexibility index (Phi) is 3.73. The van der Waals surface area contributed by atoms with Crippen LogP contribution in [0, 0.1) is 0 Å². The molecule has 1 aliphatic heterocycles. The van der Waals surface area contributed by atoms with Gasteiger partial charge >= 0.3 is 5.97 Å². The largest absolute Gasteiger partial charge is 0.505 e. The minimum atomic E-state index is -4.12. The van der Waals surface area contributed by atoms with Crippen LogP contribution in [0.1, 0.15) is 12.5 Å². The molecule has 0 saturated heterocycles. The lowest BCUT2D eigenvalue weighted by molar-refractivity contribution is -0.140. The number of methoxy groups -OCH3 is 1. The van der Waals surface area contributed by atoms with Gasteiger partial charge in [-0.05, 0) is 12.1 Å². The summed E-state index contributed by atoms with van der Waals surface area (Å²) in [7, 11) is -3.02. The van der Waals surface area contributed by atoms with Gasteiger partial charge < -0.3 is 9.84 Å². The first-order valence-corrected chi connectivity index (χ1v) is 7.38. The van der Waals surface area contributed by atoms with Crippen molar-refractivity contribution >= 4 is 27.5 Å². The molecule has 0 fully saturated rings. The number of Topliss-reactive ketones (excluding diaryl/α,β-unsaturated/α-hetero) is 1. The second-order valence-corrected chi connectivity index (χ2v) is 6.17. The predicted octanol–water partition coefficient (Wildman–Crippen LogP) is 0.679. The number of allylic oxidation sites excluding steroid dienone is 1.